The summed E-state index contributed by atoms with van der Waals surface area (Å²) < 4.78 is 86.3. The number of alkyl halides is 4. The van der Waals surface area contributed by atoms with Crippen LogP contribution < -0.4 is 25.4 Å². The third-order valence-corrected chi connectivity index (χ3v) is 10.1. The Balaban J connectivity index is 1.42. The van der Waals surface area contributed by atoms with Crippen LogP contribution in [0.2, 0.25) is 5.02 Å². The molecule has 0 amide bonds. The number of likely N-dealkylation sites (N-methyl/N-ethyl adjacent to an activating group) is 1. The van der Waals surface area contributed by atoms with Crippen LogP contribution >= 0.6 is 11.6 Å². The molecule has 2 saturated heterocycles. The van der Waals surface area contributed by atoms with Crippen LogP contribution in [0.1, 0.15) is 44.1 Å². The number of aromatic nitrogens is 3. The molecule has 242 valence electrons. The van der Waals surface area contributed by atoms with Gasteiger partial charge in [0.25, 0.3) is 0 Å². The molecule has 3 fully saturated rings. The van der Waals surface area contributed by atoms with Gasteiger partial charge in [0.15, 0.2) is 5.82 Å². The van der Waals surface area contributed by atoms with Crippen molar-refractivity contribution in [2.24, 2.45) is 0 Å². The second-order valence-electron chi connectivity index (χ2n) is 12.5. The number of hydrogen-bond donors (Lipinski definition) is 2. The summed E-state index contributed by atoms with van der Waals surface area (Å²) in [6.07, 6.45) is -1.52. The number of fused-ring (bicyclic) bond motifs is 1. The number of nitrogen functional groups attached to an aromatic ring is 1. The van der Waals surface area contributed by atoms with E-state index in [1.54, 1.807) is 0 Å². The summed E-state index contributed by atoms with van der Waals surface area (Å²) in [6.45, 7) is 2.38. The van der Waals surface area contributed by atoms with Crippen molar-refractivity contribution >= 4 is 34.0 Å². The minimum atomic E-state index is -4.94. The molecule has 2 aromatic heterocycles. The molecule has 15 heteroatoms. The molecule has 4 aliphatic rings. The first-order valence-electron chi connectivity index (χ1n) is 15.1. The highest BCUT2D eigenvalue weighted by molar-refractivity contribution is 6.32. The normalized spacial score (nSPS) is 24.1. The van der Waals surface area contributed by atoms with Crippen LogP contribution in [0.15, 0.2) is 12.1 Å². The number of ether oxygens (including phenoxy) is 2. The minimum absolute atomic E-state index is 0.0893. The zero-order chi connectivity index (χ0) is 31.7. The largest absolute Gasteiger partial charge is 0.475 e. The molecule has 7 rings (SSSR count). The van der Waals surface area contributed by atoms with Crippen LogP contribution in [0, 0.1) is 5.82 Å². The highest BCUT2D eigenvalue weighted by atomic mass is 35.5. The van der Waals surface area contributed by atoms with Gasteiger partial charge in [-0.15, -0.1) is 0 Å². The van der Waals surface area contributed by atoms with E-state index in [9.17, 15) is 17.6 Å². The van der Waals surface area contributed by atoms with Crippen molar-refractivity contribution in [3.8, 4) is 23.1 Å². The fraction of sp³-hybridized carbons (Fsp3) is 0.567. The van der Waals surface area contributed by atoms with E-state index in [0.29, 0.717) is 31.9 Å². The van der Waals surface area contributed by atoms with Crippen molar-refractivity contribution in [2.45, 2.75) is 62.0 Å². The van der Waals surface area contributed by atoms with E-state index in [0.717, 1.165) is 50.8 Å². The molecule has 0 radical (unpaired) electrons. The summed E-state index contributed by atoms with van der Waals surface area (Å²) in [5.74, 6) is -0.890. The minimum Gasteiger partial charge on any atom is -0.475 e. The molecule has 0 unspecified atom stereocenters. The van der Waals surface area contributed by atoms with E-state index in [-0.39, 0.29) is 41.7 Å². The lowest BCUT2D eigenvalue weighted by Crippen LogP contribution is -2.59. The zero-order valence-electron chi connectivity index (χ0n) is 24.6. The van der Waals surface area contributed by atoms with Crippen LogP contribution in [0.3, 0.4) is 0 Å². The van der Waals surface area contributed by atoms with Gasteiger partial charge in [-0.05, 0) is 57.8 Å². The molecular weight excluding hydrogens is 621 g/mol. The highest BCUT2D eigenvalue weighted by Gasteiger charge is 2.50. The number of nitrogens with zero attached hydrogens (tertiary/aromatic N) is 5. The van der Waals surface area contributed by atoms with Crippen molar-refractivity contribution in [1.82, 2.24) is 25.2 Å². The van der Waals surface area contributed by atoms with E-state index >= 15 is 4.39 Å². The average molecular weight is 654 g/mol. The van der Waals surface area contributed by atoms with Crippen LogP contribution in [0.5, 0.6) is 11.9 Å². The summed E-state index contributed by atoms with van der Waals surface area (Å²) >= 11 is 6.02. The molecule has 1 spiro atoms. The number of anilines is 2. The number of halogens is 6. The predicted octanol–water partition coefficient (Wildman–Crippen LogP) is 5.38. The molecule has 45 heavy (non-hydrogen) atoms. The van der Waals surface area contributed by atoms with E-state index in [4.69, 9.17) is 31.8 Å². The number of hydrogen-bond acceptors (Lipinski definition) is 9. The summed E-state index contributed by atoms with van der Waals surface area (Å²) in [7, 11) is 1.81. The van der Waals surface area contributed by atoms with E-state index in [2.05, 4.69) is 20.2 Å². The Morgan fingerprint density at radius 3 is 2.69 bits per heavy atom. The fourth-order valence-electron chi connectivity index (χ4n) is 7.47. The van der Waals surface area contributed by atoms with Crippen LogP contribution in [0.4, 0.5) is 33.5 Å². The molecule has 1 aromatic carbocycles. The van der Waals surface area contributed by atoms with Crippen molar-refractivity contribution in [3.05, 3.63) is 28.5 Å². The Labute approximate surface area is 261 Å². The van der Waals surface area contributed by atoms with Crippen LogP contribution in [-0.4, -0.2) is 83.5 Å². The van der Waals surface area contributed by atoms with Crippen molar-refractivity contribution in [3.63, 3.8) is 0 Å². The number of rotatable bonds is 7. The lowest BCUT2D eigenvalue weighted by Gasteiger charge is -2.49. The zero-order valence-corrected chi connectivity index (χ0v) is 25.4. The van der Waals surface area contributed by atoms with Gasteiger partial charge < -0.3 is 25.4 Å². The molecule has 1 aliphatic carbocycles. The molecule has 5 heterocycles. The lowest BCUT2D eigenvalue weighted by atomic mass is 9.75. The van der Waals surface area contributed by atoms with Crippen molar-refractivity contribution in [1.29, 1.82) is 0 Å². The number of nitrogens with one attached hydrogen (secondary N) is 1. The number of benzene rings is 1. The quantitative estimate of drug-likeness (QED) is 0.257. The Bertz CT molecular complexity index is 1660. The Morgan fingerprint density at radius 2 is 1.98 bits per heavy atom. The first kappa shape index (κ1) is 30.4. The van der Waals surface area contributed by atoms with Gasteiger partial charge in [-0.3, -0.25) is 4.90 Å². The molecule has 0 bridgehead atoms. The van der Waals surface area contributed by atoms with Gasteiger partial charge in [-0.1, -0.05) is 11.6 Å². The maximum absolute atomic E-state index is 16.7. The van der Waals surface area contributed by atoms with Crippen molar-refractivity contribution in [2.75, 3.05) is 57.1 Å². The first-order chi connectivity index (χ1) is 21.4. The van der Waals surface area contributed by atoms with Gasteiger partial charge in [0, 0.05) is 37.3 Å². The second-order valence-corrected chi connectivity index (χ2v) is 12.9. The number of nitrogens with two attached hydrogens (primary N) is 1. The standard InChI is InChI=1S/C30H33ClF5N7O2/c1-38-7-9-43-25-20-24(40-27(41-25)45-15-29-6-3-8-42(29)13-16(32)12-29)22(33)23(39-26(20)44-14-28(43)4-2-5-28)18-10-17(37)11-19(31)21(18)30(34,35)36/h10-11,16,38H,2-9,12-15,37H2,1H3/t16-,29+/m1/s1. The van der Waals surface area contributed by atoms with E-state index < -0.39 is 51.1 Å². The van der Waals surface area contributed by atoms with Crippen molar-refractivity contribution < 1.29 is 31.4 Å². The fourth-order valence-corrected chi connectivity index (χ4v) is 7.80. The molecule has 3 aliphatic heterocycles. The van der Waals surface area contributed by atoms with Gasteiger partial charge in [-0.25, -0.2) is 13.8 Å². The molecule has 3 N–H and O–H groups in total. The highest BCUT2D eigenvalue weighted by Crippen LogP contribution is 2.50. The number of pyridine rings is 1. The Kier molecular flexibility index (Phi) is 7.40. The molecule has 1 saturated carbocycles. The lowest BCUT2D eigenvalue weighted by molar-refractivity contribution is -0.137. The maximum atomic E-state index is 16.7. The first-order valence-corrected chi connectivity index (χ1v) is 15.5. The van der Waals surface area contributed by atoms with Gasteiger partial charge in [0.05, 0.1) is 21.7 Å². The van der Waals surface area contributed by atoms with Gasteiger partial charge >= 0.3 is 12.2 Å². The summed E-state index contributed by atoms with van der Waals surface area (Å²) in [5.41, 5.74) is 1.90. The Morgan fingerprint density at radius 1 is 1.18 bits per heavy atom. The predicted molar refractivity (Wildman–Crippen MR) is 159 cm³/mol. The van der Waals surface area contributed by atoms with Crippen LogP contribution in [0.25, 0.3) is 22.2 Å². The van der Waals surface area contributed by atoms with E-state index in [1.165, 1.54) is 0 Å². The van der Waals surface area contributed by atoms with E-state index in [1.807, 2.05) is 11.9 Å². The molecule has 2 atom stereocenters. The Hall–Kier alpha value is -3.23. The topological polar surface area (TPSA) is 102 Å². The second kappa shape index (κ2) is 10.9. The average Bonchev–Trinajstić information content (AvgIpc) is 3.43. The van der Waals surface area contributed by atoms with Gasteiger partial charge in [0.2, 0.25) is 5.88 Å². The molecule has 3 aromatic rings. The monoisotopic (exact) mass is 653 g/mol. The summed E-state index contributed by atoms with van der Waals surface area (Å²) in [5, 5.41) is 2.59. The van der Waals surface area contributed by atoms with Gasteiger partial charge in [-0.2, -0.15) is 23.1 Å². The molecule has 9 nitrogen and oxygen atoms in total. The smallest absolute Gasteiger partial charge is 0.418 e. The third kappa shape index (κ3) is 4.99. The van der Waals surface area contributed by atoms with Crippen LogP contribution in [-0.2, 0) is 6.18 Å². The molecular formula is C30H33ClF5N7O2. The summed E-state index contributed by atoms with van der Waals surface area (Å²) in [4.78, 5) is 17.6. The maximum Gasteiger partial charge on any atom is 0.418 e. The SMILES string of the molecule is CNCCN1c2nc(OC[C@@]34CCCN3C[C@H](F)C4)nc3c(F)c(-c4cc(N)cc(Cl)c4C(F)(F)F)nc(c23)OCC12CCC2. The summed E-state index contributed by atoms with van der Waals surface area (Å²) in [6, 6.07) is 1.79. The van der Waals surface area contributed by atoms with Gasteiger partial charge in [0.1, 0.15) is 41.8 Å². The third-order valence-electron chi connectivity index (χ3n) is 9.77.